The van der Waals surface area contributed by atoms with Crippen LogP contribution in [0.2, 0.25) is 0 Å². The number of likely N-dealkylation sites (tertiary alicyclic amines) is 1. The van der Waals surface area contributed by atoms with Crippen LogP contribution in [0.25, 0.3) is 10.9 Å². The zero-order valence-corrected chi connectivity index (χ0v) is 20.6. The van der Waals surface area contributed by atoms with Gasteiger partial charge in [0, 0.05) is 31.4 Å². The summed E-state index contributed by atoms with van der Waals surface area (Å²) in [6.07, 6.45) is 3.41. The number of aryl methyl sites for hydroxylation is 2. The van der Waals surface area contributed by atoms with E-state index in [1.165, 1.54) is 11.1 Å². The van der Waals surface area contributed by atoms with Crippen LogP contribution >= 0.6 is 0 Å². The summed E-state index contributed by atoms with van der Waals surface area (Å²) in [5.74, 6) is 1.66. The molecule has 2 heterocycles. The Morgan fingerprint density at radius 2 is 1.82 bits per heavy atom. The minimum atomic E-state index is -0.836. The van der Waals surface area contributed by atoms with Gasteiger partial charge in [0.1, 0.15) is 11.6 Å². The summed E-state index contributed by atoms with van der Waals surface area (Å²) in [5.41, 5.74) is 3.54. The number of nitrogens with one attached hydrogen (secondary N) is 1. The number of hydrogen-bond donors (Lipinski definition) is 2. The first-order valence-corrected chi connectivity index (χ1v) is 12.3. The SMILES string of the molecule is CC(=O)N1CCC2(CC1)CC(O)(c1ccc3nc(C)nc(N[C@H](C)c4cccc(C)c4)c3c1)C2. The molecule has 1 spiro atoms. The Balaban J connectivity index is 1.40. The number of carbonyl (C=O) groups is 1. The maximum atomic E-state index is 11.7. The fraction of sp³-hybridized carbons (Fsp3) is 0.464. The molecule has 1 saturated heterocycles. The van der Waals surface area contributed by atoms with Gasteiger partial charge in [0.15, 0.2) is 0 Å². The van der Waals surface area contributed by atoms with E-state index >= 15 is 0 Å². The number of fused-ring (bicyclic) bond motifs is 1. The molecule has 2 fully saturated rings. The summed E-state index contributed by atoms with van der Waals surface area (Å²) < 4.78 is 0. The van der Waals surface area contributed by atoms with Gasteiger partial charge < -0.3 is 15.3 Å². The van der Waals surface area contributed by atoms with Crippen molar-refractivity contribution < 1.29 is 9.90 Å². The first-order chi connectivity index (χ1) is 16.2. The zero-order chi connectivity index (χ0) is 24.1. The van der Waals surface area contributed by atoms with Crippen molar-refractivity contribution in [3.05, 3.63) is 65.0 Å². The highest BCUT2D eigenvalue weighted by Crippen LogP contribution is 2.59. The van der Waals surface area contributed by atoms with Crippen molar-refractivity contribution in [3.63, 3.8) is 0 Å². The lowest BCUT2D eigenvalue weighted by molar-refractivity contribution is -0.160. The molecular weight excluding hydrogens is 424 g/mol. The average molecular weight is 459 g/mol. The molecule has 34 heavy (non-hydrogen) atoms. The van der Waals surface area contributed by atoms with Gasteiger partial charge in [-0.3, -0.25) is 4.79 Å². The largest absolute Gasteiger partial charge is 0.385 e. The van der Waals surface area contributed by atoms with Gasteiger partial charge in [-0.15, -0.1) is 0 Å². The number of piperidine rings is 1. The van der Waals surface area contributed by atoms with Crippen molar-refractivity contribution >= 4 is 22.6 Å². The van der Waals surface area contributed by atoms with Crippen LogP contribution in [0.1, 0.15) is 68.1 Å². The molecule has 0 bridgehead atoms. The van der Waals surface area contributed by atoms with E-state index in [1.54, 1.807) is 6.92 Å². The Hall–Kier alpha value is -2.99. The first kappa shape index (κ1) is 22.8. The molecule has 1 amide bonds. The maximum absolute atomic E-state index is 11.7. The number of aliphatic hydroxyl groups is 1. The fourth-order valence-corrected chi connectivity index (χ4v) is 5.91. The number of amides is 1. The van der Waals surface area contributed by atoms with Gasteiger partial charge in [-0.1, -0.05) is 35.9 Å². The third-order valence-corrected chi connectivity index (χ3v) is 7.84. The van der Waals surface area contributed by atoms with Gasteiger partial charge in [0.05, 0.1) is 11.1 Å². The highest BCUT2D eigenvalue weighted by atomic mass is 16.3. The van der Waals surface area contributed by atoms with Crippen LogP contribution in [0.5, 0.6) is 0 Å². The second kappa shape index (κ2) is 8.35. The number of carbonyl (C=O) groups excluding carboxylic acids is 1. The highest BCUT2D eigenvalue weighted by Gasteiger charge is 2.55. The number of hydrogen-bond acceptors (Lipinski definition) is 5. The topological polar surface area (TPSA) is 78.4 Å². The molecule has 1 aliphatic heterocycles. The Morgan fingerprint density at radius 3 is 2.50 bits per heavy atom. The van der Waals surface area contributed by atoms with Crippen LogP contribution < -0.4 is 5.32 Å². The van der Waals surface area contributed by atoms with E-state index in [0.717, 1.165) is 66.9 Å². The van der Waals surface area contributed by atoms with Gasteiger partial charge in [0.2, 0.25) is 5.91 Å². The van der Waals surface area contributed by atoms with Crippen LogP contribution in [-0.4, -0.2) is 39.0 Å². The molecular formula is C28H34N4O2. The molecule has 1 atom stereocenters. The Bertz CT molecular complexity index is 1240. The predicted molar refractivity (Wildman–Crippen MR) is 135 cm³/mol. The molecule has 2 aliphatic rings. The Labute approximate surface area is 201 Å². The molecule has 0 unspecified atom stereocenters. The van der Waals surface area contributed by atoms with E-state index in [-0.39, 0.29) is 17.4 Å². The van der Waals surface area contributed by atoms with Crippen molar-refractivity contribution in [2.75, 3.05) is 18.4 Å². The Kier molecular flexibility index (Phi) is 5.59. The molecule has 2 aromatic carbocycles. The number of nitrogens with zero attached hydrogens (tertiary/aromatic N) is 3. The van der Waals surface area contributed by atoms with E-state index in [9.17, 15) is 9.90 Å². The molecule has 1 saturated carbocycles. The van der Waals surface area contributed by atoms with Crippen LogP contribution in [0.15, 0.2) is 42.5 Å². The standard InChI is InChI=1S/C28H34N4O2/c1-18-6-5-7-22(14-18)19(2)29-26-24-15-23(8-9-25(24)30-20(3)31-26)28(34)16-27(17-28)10-12-32(13-11-27)21(4)33/h5-9,14-15,19,34H,10-13,16-17H2,1-4H3,(H,29,30,31)/t19-/m1/s1. The Morgan fingerprint density at radius 1 is 1.09 bits per heavy atom. The van der Waals surface area contributed by atoms with Crippen molar-refractivity contribution in [2.24, 2.45) is 5.41 Å². The lowest BCUT2D eigenvalue weighted by atomic mass is 9.53. The lowest BCUT2D eigenvalue weighted by Crippen LogP contribution is -2.55. The molecule has 5 rings (SSSR count). The van der Waals surface area contributed by atoms with Crippen molar-refractivity contribution in [1.82, 2.24) is 14.9 Å². The summed E-state index contributed by atoms with van der Waals surface area (Å²) in [5, 5.41) is 16.0. The molecule has 0 radical (unpaired) electrons. The van der Waals surface area contributed by atoms with Crippen LogP contribution in [0.4, 0.5) is 5.82 Å². The molecule has 1 aromatic heterocycles. The van der Waals surface area contributed by atoms with Crippen LogP contribution in [0, 0.1) is 19.3 Å². The van der Waals surface area contributed by atoms with Gasteiger partial charge in [-0.25, -0.2) is 9.97 Å². The van der Waals surface area contributed by atoms with Gasteiger partial charge in [-0.05, 0) is 75.1 Å². The fourth-order valence-electron chi connectivity index (χ4n) is 5.91. The zero-order valence-electron chi connectivity index (χ0n) is 20.6. The highest BCUT2D eigenvalue weighted by molar-refractivity contribution is 5.90. The summed E-state index contributed by atoms with van der Waals surface area (Å²) in [6, 6.07) is 14.7. The van der Waals surface area contributed by atoms with Crippen LogP contribution in [-0.2, 0) is 10.4 Å². The van der Waals surface area contributed by atoms with E-state index in [1.807, 2.05) is 24.0 Å². The number of anilines is 1. The summed E-state index contributed by atoms with van der Waals surface area (Å²) in [6.45, 7) is 9.37. The number of benzene rings is 2. The minimum Gasteiger partial charge on any atom is -0.385 e. The normalized spacial score (nSPS) is 19.6. The monoisotopic (exact) mass is 458 g/mol. The molecule has 3 aromatic rings. The van der Waals surface area contributed by atoms with Gasteiger partial charge in [0.25, 0.3) is 0 Å². The molecule has 2 N–H and O–H groups in total. The van der Waals surface area contributed by atoms with Crippen molar-refractivity contribution in [1.29, 1.82) is 0 Å². The summed E-state index contributed by atoms with van der Waals surface area (Å²) in [4.78, 5) is 23.0. The quantitative estimate of drug-likeness (QED) is 0.573. The second-order valence-corrected chi connectivity index (χ2v) is 10.5. The molecule has 1 aliphatic carbocycles. The summed E-state index contributed by atoms with van der Waals surface area (Å²) in [7, 11) is 0. The minimum absolute atomic E-state index is 0.0857. The van der Waals surface area contributed by atoms with E-state index in [2.05, 4.69) is 54.5 Å². The molecule has 6 heteroatoms. The van der Waals surface area contributed by atoms with E-state index in [0.29, 0.717) is 0 Å². The smallest absolute Gasteiger partial charge is 0.219 e. The van der Waals surface area contributed by atoms with Crippen molar-refractivity contribution in [2.45, 2.75) is 65.0 Å². The number of rotatable bonds is 4. The average Bonchev–Trinajstić information content (AvgIpc) is 2.78. The van der Waals surface area contributed by atoms with Gasteiger partial charge >= 0.3 is 0 Å². The number of aromatic nitrogens is 2. The second-order valence-electron chi connectivity index (χ2n) is 10.5. The first-order valence-electron chi connectivity index (χ1n) is 12.3. The molecule has 178 valence electrons. The van der Waals surface area contributed by atoms with Gasteiger partial charge in [-0.2, -0.15) is 0 Å². The lowest BCUT2D eigenvalue weighted by Gasteiger charge is -2.57. The predicted octanol–water partition coefficient (Wildman–Crippen LogP) is 5.03. The van der Waals surface area contributed by atoms with E-state index in [4.69, 9.17) is 4.98 Å². The third-order valence-electron chi connectivity index (χ3n) is 7.84. The third kappa shape index (κ3) is 4.16. The summed E-state index contributed by atoms with van der Waals surface area (Å²) >= 11 is 0. The van der Waals surface area contributed by atoms with Crippen molar-refractivity contribution in [3.8, 4) is 0 Å². The van der Waals surface area contributed by atoms with Crippen LogP contribution in [0.3, 0.4) is 0 Å². The molecule has 6 nitrogen and oxygen atoms in total. The maximum Gasteiger partial charge on any atom is 0.219 e. The van der Waals surface area contributed by atoms with E-state index < -0.39 is 5.60 Å².